The minimum atomic E-state index is -1.49. The van der Waals surface area contributed by atoms with Gasteiger partial charge in [-0.3, -0.25) is 0 Å². The Bertz CT molecular complexity index is 3540. The van der Waals surface area contributed by atoms with Crippen molar-refractivity contribution in [2.24, 2.45) is 0 Å². The number of para-hydroxylation sites is 4. The van der Waals surface area contributed by atoms with Crippen molar-refractivity contribution in [1.29, 1.82) is 0 Å². The van der Waals surface area contributed by atoms with Gasteiger partial charge in [-0.05, 0) is 106 Å². The lowest BCUT2D eigenvalue weighted by Crippen LogP contribution is -2.37. The fraction of sp³-hybridized carbons (Fsp3) is 0.0526. The molecule has 0 radical (unpaired) electrons. The van der Waals surface area contributed by atoms with Gasteiger partial charge in [0.25, 0.3) is 0 Å². The molecule has 1 aliphatic rings. The molecule has 0 fully saturated rings. The molecule has 1 aliphatic heterocycles. The first-order valence-electron chi connectivity index (χ1n) is 21.3. The van der Waals surface area contributed by atoms with Crippen LogP contribution in [0.2, 0.25) is 19.6 Å². The van der Waals surface area contributed by atoms with Crippen LogP contribution >= 0.6 is 0 Å². The largest absolute Gasteiger partial charge is 0.456 e. The number of nitrogens with zero attached hydrogens (tertiary/aromatic N) is 2. The molecule has 5 heteroatoms. The van der Waals surface area contributed by atoms with Gasteiger partial charge >= 0.3 is 0 Å². The molecule has 12 rings (SSSR count). The minimum Gasteiger partial charge on any atom is -0.456 e. The Hall–Kier alpha value is -7.60. The van der Waals surface area contributed by atoms with Crippen LogP contribution in [0.3, 0.4) is 0 Å². The van der Waals surface area contributed by atoms with Gasteiger partial charge in [0.15, 0.2) is 5.58 Å². The first kappa shape index (κ1) is 36.3. The predicted molar refractivity (Wildman–Crippen MR) is 264 cm³/mol. The molecule has 4 nitrogen and oxygen atoms in total. The summed E-state index contributed by atoms with van der Waals surface area (Å²) in [5, 5.41) is 10.7. The number of hydrogen-bond acceptors (Lipinski definition) is 4. The summed E-state index contributed by atoms with van der Waals surface area (Å²) in [6, 6.07) is 72.0. The van der Waals surface area contributed by atoms with Gasteiger partial charge in [-0.2, -0.15) is 0 Å². The first-order valence-corrected chi connectivity index (χ1v) is 24.8. The van der Waals surface area contributed by atoms with Crippen LogP contribution < -0.4 is 19.7 Å². The molecule has 0 aliphatic carbocycles. The van der Waals surface area contributed by atoms with Crippen LogP contribution in [0, 0.1) is 0 Å². The van der Waals surface area contributed by atoms with Gasteiger partial charge in [0, 0.05) is 50.2 Å². The molecule has 0 unspecified atom stereocenters. The summed E-state index contributed by atoms with van der Waals surface area (Å²) >= 11 is 0. The zero-order valence-electron chi connectivity index (χ0n) is 34.8. The highest BCUT2D eigenvalue weighted by Crippen LogP contribution is 2.53. The summed E-state index contributed by atoms with van der Waals surface area (Å²) < 4.78 is 13.6. The maximum Gasteiger partial charge on any atom is 0.159 e. The van der Waals surface area contributed by atoms with E-state index in [2.05, 4.69) is 217 Å². The summed E-state index contributed by atoms with van der Waals surface area (Å²) in [5.41, 5.74) is 10.3. The van der Waals surface area contributed by atoms with E-state index in [1.54, 1.807) is 0 Å². The van der Waals surface area contributed by atoms with Crippen molar-refractivity contribution in [2.75, 3.05) is 9.80 Å². The van der Waals surface area contributed by atoms with E-state index >= 15 is 0 Å². The third-order valence-electron chi connectivity index (χ3n) is 12.6. The quantitative estimate of drug-likeness (QED) is 0.118. The van der Waals surface area contributed by atoms with E-state index in [0.29, 0.717) is 0 Å². The maximum atomic E-state index is 6.98. The number of ether oxygens (including phenoxy) is 1. The van der Waals surface area contributed by atoms with E-state index in [-0.39, 0.29) is 0 Å². The van der Waals surface area contributed by atoms with Crippen molar-refractivity contribution in [1.82, 2.24) is 0 Å². The Balaban J connectivity index is 1.05. The molecule has 2 heterocycles. The Labute approximate surface area is 361 Å². The average Bonchev–Trinajstić information content (AvgIpc) is 3.70. The van der Waals surface area contributed by atoms with E-state index in [1.165, 1.54) is 37.7 Å². The van der Waals surface area contributed by atoms with Crippen molar-refractivity contribution in [3.05, 3.63) is 200 Å². The third kappa shape index (κ3) is 5.73. The van der Waals surface area contributed by atoms with Crippen LogP contribution in [0.1, 0.15) is 0 Å². The molecule has 11 aromatic rings. The highest BCUT2D eigenvalue weighted by Gasteiger charge is 2.27. The highest BCUT2D eigenvalue weighted by molar-refractivity contribution is 6.88. The Morgan fingerprint density at radius 2 is 0.952 bits per heavy atom. The second-order valence-electron chi connectivity index (χ2n) is 17.3. The van der Waals surface area contributed by atoms with Gasteiger partial charge in [0.05, 0.1) is 25.1 Å². The first-order chi connectivity index (χ1) is 30.4. The van der Waals surface area contributed by atoms with Gasteiger partial charge < -0.3 is 19.0 Å². The summed E-state index contributed by atoms with van der Waals surface area (Å²) in [4.78, 5) is 4.69. The summed E-state index contributed by atoms with van der Waals surface area (Å²) in [6.45, 7) is 7.21. The smallest absolute Gasteiger partial charge is 0.159 e. The van der Waals surface area contributed by atoms with Crippen molar-refractivity contribution in [3.8, 4) is 22.6 Å². The molecule has 62 heavy (non-hydrogen) atoms. The van der Waals surface area contributed by atoms with Gasteiger partial charge in [-0.1, -0.05) is 140 Å². The van der Waals surface area contributed by atoms with Gasteiger partial charge in [0.2, 0.25) is 0 Å². The Morgan fingerprint density at radius 3 is 1.69 bits per heavy atom. The minimum absolute atomic E-state index is 0.817. The van der Waals surface area contributed by atoms with Crippen molar-refractivity contribution < 1.29 is 9.15 Å². The van der Waals surface area contributed by atoms with Gasteiger partial charge in [-0.15, -0.1) is 0 Å². The number of hydrogen-bond donors (Lipinski definition) is 0. The molecule has 296 valence electrons. The van der Waals surface area contributed by atoms with Crippen molar-refractivity contribution in [2.45, 2.75) is 19.6 Å². The molecule has 0 saturated carbocycles. The van der Waals surface area contributed by atoms with Crippen LogP contribution in [0.25, 0.3) is 65.4 Å². The Kier molecular flexibility index (Phi) is 8.18. The third-order valence-corrected chi connectivity index (χ3v) is 14.6. The van der Waals surface area contributed by atoms with Gasteiger partial charge in [0.1, 0.15) is 17.1 Å². The van der Waals surface area contributed by atoms with Crippen molar-refractivity contribution in [3.63, 3.8) is 0 Å². The fourth-order valence-electron chi connectivity index (χ4n) is 9.59. The number of rotatable bonds is 7. The average molecular weight is 815 g/mol. The van der Waals surface area contributed by atoms with E-state index in [1.807, 2.05) is 12.1 Å². The maximum absolute atomic E-state index is 6.98. The molecule has 0 spiro atoms. The van der Waals surface area contributed by atoms with Crippen LogP contribution in [0.5, 0.6) is 11.5 Å². The van der Waals surface area contributed by atoms with Crippen molar-refractivity contribution >= 4 is 102 Å². The predicted octanol–water partition coefficient (Wildman–Crippen LogP) is 16.3. The lowest BCUT2D eigenvalue weighted by Gasteiger charge is -2.29. The summed E-state index contributed by atoms with van der Waals surface area (Å²) in [6.07, 6.45) is 0. The zero-order valence-corrected chi connectivity index (χ0v) is 35.8. The number of anilines is 6. The lowest BCUT2D eigenvalue weighted by molar-refractivity contribution is 0.487. The number of benzene rings is 10. The molecule has 0 N–H and O–H groups in total. The second-order valence-corrected chi connectivity index (χ2v) is 22.4. The highest BCUT2D eigenvalue weighted by atomic mass is 28.3. The standard InChI is InChI=1S/C57H42N2O2Si/c1-62(2,3)41-31-28-39(29-32-41)58(37-16-6-4-7-17-37)52-36-49-46-23-15-27-54-56(46)50(35-48(49)42-20-10-11-21-43(42)52)45-33-30-40(34-55(45)60-54)59(38-18-8-5-9-19-38)51-25-14-24-47-44-22-12-13-26-53(44)61-57(47)51/h4-36H,1-3H3. The lowest BCUT2D eigenvalue weighted by atomic mass is 9.88. The summed E-state index contributed by atoms with van der Waals surface area (Å²) in [7, 11) is -1.49. The van der Waals surface area contributed by atoms with E-state index in [9.17, 15) is 0 Å². The van der Waals surface area contributed by atoms with Crippen LogP contribution in [0.4, 0.5) is 34.1 Å². The second kappa shape index (κ2) is 14.0. The number of fused-ring (bicyclic) bond motifs is 9. The van der Waals surface area contributed by atoms with E-state index in [0.717, 1.165) is 78.5 Å². The molecule has 0 bridgehead atoms. The molecule has 10 aromatic carbocycles. The fourth-order valence-corrected chi connectivity index (χ4v) is 10.8. The topological polar surface area (TPSA) is 28.9 Å². The zero-order chi connectivity index (χ0) is 41.5. The van der Waals surface area contributed by atoms with Crippen LogP contribution in [-0.4, -0.2) is 8.07 Å². The molecule has 0 saturated heterocycles. The summed E-state index contributed by atoms with van der Waals surface area (Å²) in [5.74, 6) is 1.67. The van der Waals surface area contributed by atoms with Gasteiger partial charge in [-0.25, -0.2) is 0 Å². The van der Waals surface area contributed by atoms with E-state index in [4.69, 9.17) is 9.15 Å². The SMILES string of the molecule is C[Si](C)(C)c1ccc(N(c2ccccc2)c2cc3c4cccc5c4c(cc3c3ccccc23)-c2ccc(N(c3ccccc3)c3cccc4c3oc3ccccc34)cc2O5)cc1. The molecular weight excluding hydrogens is 773 g/mol. The molecule has 0 atom stereocenters. The van der Waals surface area contributed by atoms with Crippen LogP contribution in [0.15, 0.2) is 205 Å². The van der Waals surface area contributed by atoms with Crippen LogP contribution in [-0.2, 0) is 0 Å². The number of furan rings is 1. The molecular formula is C57H42N2O2Si. The Morgan fingerprint density at radius 1 is 0.371 bits per heavy atom. The normalized spacial score (nSPS) is 12.2. The molecule has 1 aromatic heterocycles. The molecule has 0 amide bonds. The van der Waals surface area contributed by atoms with E-state index < -0.39 is 8.07 Å². The monoisotopic (exact) mass is 814 g/mol.